The molecule has 0 bridgehead atoms. The maximum atomic E-state index is 13.1. The van der Waals surface area contributed by atoms with Crippen LogP contribution in [0.15, 0.2) is 48.8 Å². The van der Waals surface area contributed by atoms with E-state index >= 15 is 0 Å². The van der Waals surface area contributed by atoms with E-state index in [-0.39, 0.29) is 17.8 Å². The van der Waals surface area contributed by atoms with Gasteiger partial charge in [-0.15, -0.1) is 0 Å². The Morgan fingerprint density at radius 2 is 1.79 bits per heavy atom. The maximum absolute atomic E-state index is 13.1. The summed E-state index contributed by atoms with van der Waals surface area (Å²) in [5.41, 5.74) is 8.45. The summed E-state index contributed by atoms with van der Waals surface area (Å²) in [5, 5.41) is 3.28. The first kappa shape index (κ1) is 26.3. The number of likely N-dealkylation sites (N-methyl/N-ethyl adjacent to an activating group) is 1. The van der Waals surface area contributed by atoms with Crippen LogP contribution in [0.1, 0.15) is 27.0 Å². The number of fused-ring (bicyclic) bond motifs is 1. The van der Waals surface area contributed by atoms with Gasteiger partial charge in [-0.25, -0.2) is 15.0 Å². The number of aromatic nitrogens is 4. The van der Waals surface area contributed by atoms with E-state index in [9.17, 15) is 18.0 Å². The van der Waals surface area contributed by atoms with Crippen LogP contribution in [0.4, 0.5) is 36.4 Å². The highest BCUT2D eigenvalue weighted by Gasteiger charge is 2.31. The van der Waals surface area contributed by atoms with Crippen LogP contribution in [0.5, 0.6) is 0 Å². The number of nitrogens with zero attached hydrogens (tertiary/aromatic N) is 6. The number of Topliss-reactive ketones (excluding diaryl/α,β-unsaturated/α-hetero) is 1. The van der Waals surface area contributed by atoms with Crippen LogP contribution in [0, 0.1) is 6.92 Å². The van der Waals surface area contributed by atoms with Crippen LogP contribution >= 0.6 is 0 Å². The van der Waals surface area contributed by atoms with Gasteiger partial charge in [-0.2, -0.15) is 18.2 Å². The molecule has 0 amide bonds. The van der Waals surface area contributed by atoms with Crippen LogP contribution in [0.2, 0.25) is 0 Å². The van der Waals surface area contributed by atoms with Gasteiger partial charge in [0.2, 0.25) is 5.95 Å². The van der Waals surface area contributed by atoms with Crippen molar-refractivity contribution in [1.29, 1.82) is 0 Å². The van der Waals surface area contributed by atoms with Gasteiger partial charge in [-0.3, -0.25) is 4.79 Å². The third-order valence-electron chi connectivity index (χ3n) is 6.71. The Bertz CT molecular complexity index is 1530. The Hall–Kier alpha value is -4.32. The van der Waals surface area contributed by atoms with E-state index in [1.165, 1.54) is 18.5 Å². The van der Waals surface area contributed by atoms with Crippen molar-refractivity contribution in [1.82, 2.24) is 24.8 Å². The molecule has 0 aliphatic carbocycles. The van der Waals surface area contributed by atoms with Crippen molar-refractivity contribution in [3.63, 3.8) is 0 Å². The third kappa shape index (κ3) is 5.75. The zero-order valence-electron chi connectivity index (χ0n) is 21.5. The van der Waals surface area contributed by atoms with Gasteiger partial charge in [-0.05, 0) is 43.3 Å². The average molecular weight is 537 g/mol. The third-order valence-corrected chi connectivity index (χ3v) is 6.71. The standard InChI is InChI=1S/C27H27F3N8O/c1-16-6-7-17(13-21(39)18-4-3-5-19(14-18)27(28,29)30)12-20(16)34-25-23-22(32-15-33-25)24(31)36-26(35-23)38-10-8-37(2)9-11-38/h3-7,12,14-15H,8-11,13H2,1-2H3,(H2,31,35,36)(H,32,33,34). The summed E-state index contributed by atoms with van der Waals surface area (Å²) in [5.74, 6) is 0.759. The highest BCUT2D eigenvalue weighted by Crippen LogP contribution is 2.31. The molecule has 39 heavy (non-hydrogen) atoms. The molecule has 0 unspecified atom stereocenters. The molecule has 0 saturated carbocycles. The van der Waals surface area contributed by atoms with Gasteiger partial charge in [0.1, 0.15) is 17.4 Å². The first-order chi connectivity index (χ1) is 18.6. The van der Waals surface area contributed by atoms with Crippen LogP contribution in [0.25, 0.3) is 11.0 Å². The average Bonchev–Trinajstić information content (AvgIpc) is 2.91. The molecular formula is C27H27F3N8O. The Morgan fingerprint density at radius 1 is 1.03 bits per heavy atom. The normalized spacial score (nSPS) is 14.5. The lowest BCUT2D eigenvalue weighted by molar-refractivity contribution is -0.137. The lowest BCUT2D eigenvalue weighted by Crippen LogP contribution is -2.45. The molecule has 1 saturated heterocycles. The fraction of sp³-hybridized carbons (Fsp3) is 0.296. The maximum Gasteiger partial charge on any atom is 0.416 e. The number of anilines is 4. The topological polar surface area (TPSA) is 113 Å². The van der Waals surface area contributed by atoms with E-state index in [1.54, 1.807) is 12.1 Å². The minimum absolute atomic E-state index is 0.00492. The van der Waals surface area contributed by atoms with E-state index in [0.29, 0.717) is 34.1 Å². The van der Waals surface area contributed by atoms with E-state index in [4.69, 9.17) is 10.7 Å². The number of halogens is 3. The second kappa shape index (κ2) is 10.4. The van der Waals surface area contributed by atoms with E-state index in [2.05, 4.69) is 37.1 Å². The van der Waals surface area contributed by atoms with Crippen LogP contribution < -0.4 is 16.0 Å². The van der Waals surface area contributed by atoms with Crippen molar-refractivity contribution in [2.24, 2.45) is 0 Å². The highest BCUT2D eigenvalue weighted by molar-refractivity contribution is 5.98. The van der Waals surface area contributed by atoms with Crippen LogP contribution in [-0.2, 0) is 12.6 Å². The number of hydrogen-bond donors (Lipinski definition) is 2. The molecule has 202 valence electrons. The highest BCUT2D eigenvalue weighted by atomic mass is 19.4. The zero-order chi connectivity index (χ0) is 27.7. The summed E-state index contributed by atoms with van der Waals surface area (Å²) in [4.78, 5) is 35.0. The zero-order valence-corrected chi connectivity index (χ0v) is 21.5. The summed E-state index contributed by atoms with van der Waals surface area (Å²) in [6.07, 6.45) is -3.21. The van der Waals surface area contributed by atoms with Gasteiger partial charge in [0.25, 0.3) is 0 Å². The molecule has 5 rings (SSSR count). The van der Waals surface area contributed by atoms with Gasteiger partial charge >= 0.3 is 6.18 Å². The molecular weight excluding hydrogens is 509 g/mol. The second-order valence-electron chi connectivity index (χ2n) is 9.57. The van der Waals surface area contributed by atoms with E-state index in [1.807, 2.05) is 13.0 Å². The van der Waals surface area contributed by atoms with Gasteiger partial charge in [0, 0.05) is 43.9 Å². The van der Waals surface area contributed by atoms with Gasteiger partial charge in [-0.1, -0.05) is 24.3 Å². The molecule has 1 aliphatic heterocycles. The molecule has 3 N–H and O–H groups in total. The predicted octanol–water partition coefficient (Wildman–Crippen LogP) is 4.25. The lowest BCUT2D eigenvalue weighted by atomic mass is 9.99. The Balaban J connectivity index is 1.42. The van der Waals surface area contributed by atoms with Gasteiger partial charge < -0.3 is 20.9 Å². The largest absolute Gasteiger partial charge is 0.416 e. The van der Waals surface area contributed by atoms with Crippen molar-refractivity contribution in [3.05, 3.63) is 71.0 Å². The van der Waals surface area contributed by atoms with Crippen LogP contribution in [-0.4, -0.2) is 63.8 Å². The number of nitrogens with one attached hydrogen (secondary N) is 1. The Morgan fingerprint density at radius 3 is 2.54 bits per heavy atom. The number of hydrogen-bond acceptors (Lipinski definition) is 9. The minimum Gasteiger partial charge on any atom is -0.382 e. The number of carbonyl (C=O) groups is 1. The summed E-state index contributed by atoms with van der Waals surface area (Å²) >= 11 is 0. The van der Waals surface area contributed by atoms with Crippen molar-refractivity contribution >= 4 is 40.1 Å². The van der Waals surface area contributed by atoms with E-state index < -0.39 is 17.5 Å². The van der Waals surface area contributed by atoms with Gasteiger partial charge in [0.05, 0.1) is 5.56 Å². The summed E-state index contributed by atoms with van der Waals surface area (Å²) < 4.78 is 39.3. The van der Waals surface area contributed by atoms with Crippen molar-refractivity contribution in [2.75, 3.05) is 49.2 Å². The quantitative estimate of drug-likeness (QED) is 0.349. The summed E-state index contributed by atoms with van der Waals surface area (Å²) in [7, 11) is 2.06. The number of aryl methyl sites for hydroxylation is 1. The van der Waals surface area contributed by atoms with Crippen molar-refractivity contribution in [3.8, 4) is 0 Å². The second-order valence-corrected chi connectivity index (χ2v) is 9.57. The summed E-state index contributed by atoms with van der Waals surface area (Å²) in [6.45, 7) is 5.17. The van der Waals surface area contributed by atoms with Gasteiger partial charge in [0.15, 0.2) is 17.4 Å². The number of nitrogens with two attached hydrogens (primary N) is 1. The van der Waals surface area contributed by atoms with E-state index in [0.717, 1.165) is 43.9 Å². The molecule has 0 radical (unpaired) electrons. The molecule has 2 aromatic heterocycles. The molecule has 12 heteroatoms. The molecule has 4 aromatic rings. The molecule has 9 nitrogen and oxygen atoms in total. The molecule has 2 aromatic carbocycles. The molecule has 1 aliphatic rings. The number of nitrogen functional groups attached to an aromatic ring is 1. The summed E-state index contributed by atoms with van der Waals surface area (Å²) in [6, 6.07) is 9.84. The molecule has 0 atom stereocenters. The smallest absolute Gasteiger partial charge is 0.382 e. The number of piperazine rings is 1. The van der Waals surface area contributed by atoms with Crippen molar-refractivity contribution in [2.45, 2.75) is 19.5 Å². The Kier molecular flexibility index (Phi) is 7.04. The fourth-order valence-electron chi connectivity index (χ4n) is 4.39. The molecule has 0 spiro atoms. The first-order valence-electron chi connectivity index (χ1n) is 12.4. The predicted molar refractivity (Wildman–Crippen MR) is 143 cm³/mol. The number of ketones is 1. The molecule has 1 fully saturated rings. The SMILES string of the molecule is Cc1ccc(CC(=O)c2cccc(C(F)(F)F)c2)cc1Nc1ncnc2c(N)nc(N3CCN(C)CC3)nc12. The minimum atomic E-state index is -4.52. The Labute approximate surface area is 222 Å². The van der Waals surface area contributed by atoms with Crippen molar-refractivity contribution < 1.29 is 18.0 Å². The lowest BCUT2D eigenvalue weighted by Gasteiger charge is -2.32. The monoisotopic (exact) mass is 536 g/mol. The van der Waals surface area contributed by atoms with Crippen LogP contribution in [0.3, 0.4) is 0 Å². The molecule has 3 heterocycles. The first-order valence-corrected chi connectivity index (χ1v) is 12.4. The number of benzene rings is 2. The number of rotatable bonds is 6. The fourth-order valence-corrected chi connectivity index (χ4v) is 4.39. The number of carbonyl (C=O) groups excluding carboxylic acids is 1. The number of alkyl halides is 3.